The van der Waals surface area contributed by atoms with E-state index in [4.69, 9.17) is 11.6 Å². The Balaban J connectivity index is 1.91. The molecule has 1 amide bonds. The van der Waals surface area contributed by atoms with Gasteiger partial charge in [0, 0.05) is 16.6 Å². The number of Topliss-reactive ketones (excluding diaryl/α,β-unsaturated/α-hetero) is 1. The lowest BCUT2D eigenvalue weighted by atomic mass is 10.1. The third-order valence-electron chi connectivity index (χ3n) is 4.85. The molecular weight excluding hydrogens is 464 g/mol. The molecule has 3 rings (SSSR count). The fourth-order valence-corrected chi connectivity index (χ4v) is 6.44. The largest absolute Gasteiger partial charge is 0.351 e. The second kappa shape index (κ2) is 8.97. The molecule has 2 aromatic rings. The Morgan fingerprint density at radius 3 is 2.23 bits per heavy atom. The first-order chi connectivity index (χ1) is 14.5. The molecule has 1 atom stereocenters. The molecule has 8 nitrogen and oxygen atoms in total. The number of sulfone groups is 1. The lowest BCUT2D eigenvalue weighted by molar-refractivity contribution is -0.120. The van der Waals surface area contributed by atoms with Crippen molar-refractivity contribution in [2.24, 2.45) is 0 Å². The van der Waals surface area contributed by atoms with Gasteiger partial charge in [0.1, 0.15) is 6.54 Å². The van der Waals surface area contributed by atoms with E-state index < -0.39 is 38.4 Å². The van der Waals surface area contributed by atoms with Gasteiger partial charge in [-0.1, -0.05) is 11.6 Å². The average Bonchev–Trinajstić information content (AvgIpc) is 3.04. The summed E-state index contributed by atoms with van der Waals surface area (Å²) in [4.78, 5) is 24.1. The number of anilines is 1. The van der Waals surface area contributed by atoms with Crippen molar-refractivity contribution in [1.82, 2.24) is 5.32 Å². The number of hydrogen-bond acceptors (Lipinski definition) is 6. The summed E-state index contributed by atoms with van der Waals surface area (Å²) in [5.74, 6) is -0.998. The van der Waals surface area contributed by atoms with Crippen LogP contribution in [-0.2, 0) is 24.7 Å². The van der Waals surface area contributed by atoms with Gasteiger partial charge < -0.3 is 5.32 Å². The molecule has 1 unspecified atom stereocenters. The summed E-state index contributed by atoms with van der Waals surface area (Å²) < 4.78 is 50.7. The maximum Gasteiger partial charge on any atom is 0.264 e. The van der Waals surface area contributed by atoms with Gasteiger partial charge >= 0.3 is 0 Å². The van der Waals surface area contributed by atoms with Crippen LogP contribution in [0.5, 0.6) is 0 Å². The molecule has 0 spiro atoms. The number of sulfonamides is 1. The molecule has 1 aliphatic rings. The van der Waals surface area contributed by atoms with E-state index in [1.165, 1.54) is 55.5 Å². The molecule has 1 aliphatic heterocycles. The van der Waals surface area contributed by atoms with E-state index in [0.29, 0.717) is 10.6 Å². The number of benzene rings is 2. The molecule has 1 saturated heterocycles. The standard InChI is InChI=1S/C20H21ClN2O6S2/c1-14(24)15-2-6-18(7-3-15)23(31(28,29)19-8-4-16(21)5-9-19)12-20(25)22-17-10-11-30(26,27)13-17/h2-9,17H,10-13H2,1H3,(H,22,25). The van der Waals surface area contributed by atoms with E-state index in [1.807, 2.05) is 0 Å². The van der Waals surface area contributed by atoms with Crippen molar-refractivity contribution in [2.75, 3.05) is 22.4 Å². The smallest absolute Gasteiger partial charge is 0.264 e. The fourth-order valence-electron chi connectivity index (χ4n) is 3.22. The van der Waals surface area contributed by atoms with Crippen LogP contribution < -0.4 is 9.62 Å². The molecule has 166 valence electrons. The Bertz CT molecular complexity index is 1190. The molecule has 11 heteroatoms. The van der Waals surface area contributed by atoms with Crippen molar-refractivity contribution in [3.8, 4) is 0 Å². The SMILES string of the molecule is CC(=O)c1ccc(N(CC(=O)NC2CCS(=O)(=O)C2)S(=O)(=O)c2ccc(Cl)cc2)cc1. The predicted molar refractivity (Wildman–Crippen MR) is 118 cm³/mol. The molecule has 0 saturated carbocycles. The summed E-state index contributed by atoms with van der Waals surface area (Å²) >= 11 is 5.85. The maximum absolute atomic E-state index is 13.3. The van der Waals surface area contributed by atoms with Gasteiger partial charge in [0.05, 0.1) is 22.1 Å². The van der Waals surface area contributed by atoms with E-state index in [2.05, 4.69) is 5.32 Å². The first-order valence-electron chi connectivity index (χ1n) is 9.37. The molecule has 0 aliphatic carbocycles. The zero-order chi connectivity index (χ0) is 22.8. The van der Waals surface area contributed by atoms with Gasteiger partial charge in [-0.2, -0.15) is 0 Å². The monoisotopic (exact) mass is 484 g/mol. The maximum atomic E-state index is 13.3. The van der Waals surface area contributed by atoms with Crippen LogP contribution in [0.1, 0.15) is 23.7 Å². The Labute approximate surface area is 186 Å². The highest BCUT2D eigenvalue weighted by Gasteiger charge is 2.31. The minimum atomic E-state index is -4.14. The highest BCUT2D eigenvalue weighted by atomic mass is 35.5. The summed E-state index contributed by atoms with van der Waals surface area (Å²) in [6.07, 6.45) is 0.283. The van der Waals surface area contributed by atoms with Crippen molar-refractivity contribution in [1.29, 1.82) is 0 Å². The minimum absolute atomic E-state index is 0.0166. The van der Waals surface area contributed by atoms with Crippen LogP contribution in [0, 0.1) is 0 Å². The first-order valence-corrected chi connectivity index (χ1v) is 13.0. The molecule has 0 radical (unpaired) electrons. The number of hydrogen-bond donors (Lipinski definition) is 1. The molecular formula is C20H21ClN2O6S2. The lowest BCUT2D eigenvalue weighted by Gasteiger charge is -2.25. The highest BCUT2D eigenvalue weighted by Crippen LogP contribution is 2.25. The van der Waals surface area contributed by atoms with Gasteiger partial charge in [0.15, 0.2) is 15.6 Å². The van der Waals surface area contributed by atoms with E-state index in [0.717, 1.165) is 4.31 Å². The fraction of sp³-hybridized carbons (Fsp3) is 0.300. The summed E-state index contributed by atoms with van der Waals surface area (Å²) in [6, 6.07) is 10.8. The number of rotatable bonds is 7. The molecule has 1 fully saturated rings. The molecule has 1 N–H and O–H groups in total. The van der Waals surface area contributed by atoms with Crippen LogP contribution in [0.15, 0.2) is 53.4 Å². The minimum Gasteiger partial charge on any atom is -0.351 e. The van der Waals surface area contributed by atoms with Crippen LogP contribution >= 0.6 is 11.6 Å². The Kier molecular flexibility index (Phi) is 6.73. The quantitative estimate of drug-likeness (QED) is 0.601. The van der Waals surface area contributed by atoms with Gasteiger partial charge in [-0.15, -0.1) is 0 Å². The second-order valence-electron chi connectivity index (χ2n) is 7.24. The van der Waals surface area contributed by atoms with Crippen molar-refractivity contribution >= 4 is 48.8 Å². The summed E-state index contributed by atoms with van der Waals surface area (Å²) in [5.41, 5.74) is 0.586. The van der Waals surface area contributed by atoms with Crippen LogP contribution in [0.4, 0.5) is 5.69 Å². The van der Waals surface area contributed by atoms with Gasteiger partial charge in [-0.25, -0.2) is 16.8 Å². The molecule has 2 aromatic carbocycles. The van der Waals surface area contributed by atoms with E-state index in [9.17, 15) is 26.4 Å². The Morgan fingerprint density at radius 2 is 1.71 bits per heavy atom. The Hall–Kier alpha value is -2.43. The van der Waals surface area contributed by atoms with E-state index in [-0.39, 0.29) is 34.3 Å². The summed E-state index contributed by atoms with van der Waals surface area (Å²) in [6.45, 7) is 0.835. The molecule has 0 aromatic heterocycles. The molecule has 0 bridgehead atoms. The van der Waals surface area contributed by atoms with Gasteiger partial charge in [0.2, 0.25) is 5.91 Å². The van der Waals surface area contributed by atoms with Crippen LogP contribution in [0.25, 0.3) is 0 Å². The van der Waals surface area contributed by atoms with Crippen LogP contribution in [-0.4, -0.2) is 52.6 Å². The number of halogens is 1. The van der Waals surface area contributed by atoms with Crippen LogP contribution in [0.3, 0.4) is 0 Å². The number of amides is 1. The van der Waals surface area contributed by atoms with Crippen LogP contribution in [0.2, 0.25) is 5.02 Å². The number of nitrogens with zero attached hydrogens (tertiary/aromatic N) is 1. The van der Waals surface area contributed by atoms with Gasteiger partial charge in [-0.05, 0) is 61.9 Å². The number of carbonyl (C=O) groups is 2. The third-order valence-corrected chi connectivity index (χ3v) is 8.66. The normalized spacial score (nSPS) is 17.8. The van der Waals surface area contributed by atoms with E-state index >= 15 is 0 Å². The zero-order valence-corrected chi connectivity index (χ0v) is 19.0. The first kappa shape index (κ1) is 23.2. The summed E-state index contributed by atoms with van der Waals surface area (Å²) in [7, 11) is -7.35. The van der Waals surface area contributed by atoms with Crippen molar-refractivity contribution in [3.05, 3.63) is 59.1 Å². The lowest BCUT2D eigenvalue weighted by Crippen LogP contribution is -2.44. The van der Waals surface area contributed by atoms with Crippen molar-refractivity contribution < 1.29 is 26.4 Å². The zero-order valence-electron chi connectivity index (χ0n) is 16.6. The predicted octanol–water partition coefficient (Wildman–Crippen LogP) is 2.04. The van der Waals surface area contributed by atoms with E-state index in [1.54, 1.807) is 0 Å². The number of nitrogens with one attached hydrogen (secondary N) is 1. The summed E-state index contributed by atoms with van der Waals surface area (Å²) in [5, 5.41) is 2.96. The number of carbonyl (C=O) groups excluding carboxylic acids is 2. The number of ketones is 1. The average molecular weight is 485 g/mol. The van der Waals surface area contributed by atoms with Gasteiger partial charge in [0.25, 0.3) is 10.0 Å². The Morgan fingerprint density at radius 1 is 1.10 bits per heavy atom. The second-order valence-corrected chi connectivity index (χ2v) is 11.8. The van der Waals surface area contributed by atoms with Gasteiger partial charge in [-0.3, -0.25) is 13.9 Å². The molecule has 31 heavy (non-hydrogen) atoms. The third kappa shape index (κ3) is 5.63. The van der Waals surface area contributed by atoms with Crippen molar-refractivity contribution in [2.45, 2.75) is 24.3 Å². The topological polar surface area (TPSA) is 118 Å². The molecule has 1 heterocycles. The highest BCUT2D eigenvalue weighted by molar-refractivity contribution is 7.93. The van der Waals surface area contributed by atoms with Crippen molar-refractivity contribution in [3.63, 3.8) is 0 Å².